The third-order valence-corrected chi connectivity index (χ3v) is 4.93. The number of morpholine rings is 1. The Hall–Kier alpha value is -2.38. The molecule has 24 heavy (non-hydrogen) atoms. The molecule has 4 rings (SSSR count). The molecule has 6 nitrogen and oxygen atoms in total. The van der Waals surface area contributed by atoms with Gasteiger partial charge < -0.3 is 14.4 Å². The molecule has 0 radical (unpaired) electrons. The highest BCUT2D eigenvalue weighted by atomic mass is 32.1. The Kier molecular flexibility index (Phi) is 3.95. The number of ether oxygens (including phenoxy) is 2. The van der Waals surface area contributed by atoms with Crippen LogP contribution in [0, 0.1) is 0 Å². The van der Waals surface area contributed by atoms with E-state index in [4.69, 9.17) is 9.47 Å². The van der Waals surface area contributed by atoms with E-state index in [0.717, 1.165) is 22.0 Å². The fourth-order valence-corrected chi connectivity index (χ4v) is 3.63. The van der Waals surface area contributed by atoms with Gasteiger partial charge >= 0.3 is 0 Å². The molecular formula is C17H17N3O3S. The van der Waals surface area contributed by atoms with E-state index in [2.05, 4.69) is 4.98 Å². The number of thiazole rings is 1. The second-order valence-electron chi connectivity index (χ2n) is 5.54. The van der Waals surface area contributed by atoms with E-state index in [-0.39, 0.29) is 5.91 Å². The molecule has 0 N–H and O–H groups in total. The summed E-state index contributed by atoms with van der Waals surface area (Å²) >= 11 is 1.47. The van der Waals surface area contributed by atoms with Crippen LogP contribution >= 0.6 is 11.3 Å². The van der Waals surface area contributed by atoms with Crippen LogP contribution in [0.5, 0.6) is 5.75 Å². The Morgan fingerprint density at radius 3 is 2.96 bits per heavy atom. The minimum Gasteiger partial charge on any atom is -0.497 e. The van der Waals surface area contributed by atoms with Gasteiger partial charge in [-0.15, -0.1) is 11.3 Å². The number of nitrogens with zero attached hydrogens (tertiary/aromatic N) is 3. The maximum Gasteiger partial charge on any atom is 0.271 e. The molecule has 7 heteroatoms. The first-order valence-electron chi connectivity index (χ1n) is 7.74. The number of amides is 1. The maximum atomic E-state index is 12.7. The molecule has 1 saturated heterocycles. The predicted molar refractivity (Wildman–Crippen MR) is 91.8 cm³/mol. The molecule has 0 atom stereocenters. The molecule has 2 aromatic heterocycles. The second-order valence-corrected chi connectivity index (χ2v) is 6.37. The molecule has 1 aliphatic rings. The minimum atomic E-state index is 0.0270. The van der Waals surface area contributed by atoms with Gasteiger partial charge in [0.05, 0.1) is 26.0 Å². The van der Waals surface area contributed by atoms with Crippen LogP contribution in [0.2, 0.25) is 0 Å². The number of imidazole rings is 1. The first kappa shape index (κ1) is 15.2. The van der Waals surface area contributed by atoms with E-state index in [0.29, 0.717) is 32.0 Å². The highest BCUT2D eigenvalue weighted by molar-refractivity contribution is 7.15. The number of carbonyl (C=O) groups is 1. The Morgan fingerprint density at radius 2 is 2.17 bits per heavy atom. The van der Waals surface area contributed by atoms with E-state index in [1.54, 1.807) is 7.11 Å². The van der Waals surface area contributed by atoms with Crippen molar-refractivity contribution in [2.45, 2.75) is 0 Å². The standard InChI is InChI=1S/C17H17N3O3S/c1-22-13-4-2-3-12(9-13)14-10-20-15(11-24-17(20)18-14)16(21)19-5-7-23-8-6-19/h2-4,9-11H,5-8H2,1H3. The molecule has 1 fully saturated rings. The van der Waals surface area contributed by atoms with E-state index < -0.39 is 0 Å². The van der Waals surface area contributed by atoms with Crippen molar-refractivity contribution in [3.05, 3.63) is 41.5 Å². The average molecular weight is 343 g/mol. The fraction of sp³-hybridized carbons (Fsp3) is 0.294. The smallest absolute Gasteiger partial charge is 0.271 e. The summed E-state index contributed by atoms with van der Waals surface area (Å²) in [6, 6.07) is 7.76. The molecule has 124 valence electrons. The van der Waals surface area contributed by atoms with E-state index in [1.165, 1.54) is 11.3 Å². The van der Waals surface area contributed by atoms with Crippen molar-refractivity contribution in [1.29, 1.82) is 0 Å². The number of hydrogen-bond donors (Lipinski definition) is 0. The highest BCUT2D eigenvalue weighted by Crippen LogP contribution is 2.26. The number of hydrogen-bond acceptors (Lipinski definition) is 5. The normalized spacial score (nSPS) is 15.0. The predicted octanol–water partition coefficient (Wildman–Crippen LogP) is 2.54. The number of fused-ring (bicyclic) bond motifs is 1. The van der Waals surface area contributed by atoms with Crippen molar-refractivity contribution in [3.63, 3.8) is 0 Å². The monoisotopic (exact) mass is 343 g/mol. The van der Waals surface area contributed by atoms with Crippen LogP contribution in [-0.4, -0.2) is 53.6 Å². The van der Waals surface area contributed by atoms with Gasteiger partial charge in [-0.1, -0.05) is 12.1 Å². The third kappa shape index (κ3) is 2.65. The summed E-state index contributed by atoms with van der Waals surface area (Å²) in [4.78, 5) is 20.0. The highest BCUT2D eigenvalue weighted by Gasteiger charge is 2.22. The van der Waals surface area contributed by atoms with Gasteiger partial charge in [0.2, 0.25) is 0 Å². The second kappa shape index (κ2) is 6.26. The van der Waals surface area contributed by atoms with Crippen molar-refractivity contribution in [1.82, 2.24) is 14.3 Å². The molecular weight excluding hydrogens is 326 g/mol. The Morgan fingerprint density at radius 1 is 1.33 bits per heavy atom. The topological polar surface area (TPSA) is 56.1 Å². The number of methoxy groups -OCH3 is 1. The van der Waals surface area contributed by atoms with Crippen LogP contribution in [0.3, 0.4) is 0 Å². The first-order valence-corrected chi connectivity index (χ1v) is 8.62. The Balaban J connectivity index is 1.69. The number of aromatic nitrogens is 2. The van der Waals surface area contributed by atoms with Gasteiger partial charge in [-0.2, -0.15) is 0 Å². The summed E-state index contributed by atoms with van der Waals surface area (Å²) in [5.41, 5.74) is 2.45. The summed E-state index contributed by atoms with van der Waals surface area (Å²) < 4.78 is 12.5. The summed E-state index contributed by atoms with van der Waals surface area (Å²) in [5.74, 6) is 0.813. The first-order chi connectivity index (χ1) is 11.8. The SMILES string of the molecule is COc1cccc(-c2cn3c(C(=O)N4CCOCC4)csc3n2)c1. The maximum absolute atomic E-state index is 12.7. The summed E-state index contributed by atoms with van der Waals surface area (Å²) in [7, 11) is 1.64. The molecule has 0 saturated carbocycles. The van der Waals surface area contributed by atoms with Gasteiger partial charge in [-0.3, -0.25) is 9.20 Å². The number of rotatable bonds is 3. The summed E-state index contributed by atoms with van der Waals surface area (Å²) in [6.07, 6.45) is 1.91. The van der Waals surface area contributed by atoms with Crippen LogP contribution in [0.1, 0.15) is 10.5 Å². The fourth-order valence-electron chi connectivity index (χ4n) is 2.79. The van der Waals surface area contributed by atoms with Gasteiger partial charge in [0.25, 0.3) is 5.91 Å². The van der Waals surface area contributed by atoms with E-state index >= 15 is 0 Å². The number of benzene rings is 1. The van der Waals surface area contributed by atoms with Gasteiger partial charge in [-0.05, 0) is 12.1 Å². The van der Waals surface area contributed by atoms with E-state index in [1.807, 2.05) is 45.1 Å². The molecule has 0 unspecified atom stereocenters. The lowest BCUT2D eigenvalue weighted by molar-refractivity contribution is 0.0298. The summed E-state index contributed by atoms with van der Waals surface area (Å²) in [5, 5.41) is 1.87. The van der Waals surface area contributed by atoms with Crippen molar-refractivity contribution >= 4 is 22.2 Å². The molecule has 3 heterocycles. The van der Waals surface area contributed by atoms with Crippen LogP contribution < -0.4 is 4.74 Å². The molecule has 0 bridgehead atoms. The zero-order valence-corrected chi connectivity index (χ0v) is 14.1. The molecule has 3 aromatic rings. The van der Waals surface area contributed by atoms with Crippen LogP contribution in [0.4, 0.5) is 0 Å². The lowest BCUT2D eigenvalue weighted by atomic mass is 10.1. The van der Waals surface area contributed by atoms with Crippen molar-refractivity contribution in [2.75, 3.05) is 33.4 Å². The van der Waals surface area contributed by atoms with Crippen LogP contribution in [0.15, 0.2) is 35.8 Å². The Labute approximate surface area is 143 Å². The quantitative estimate of drug-likeness (QED) is 0.733. The third-order valence-electron chi connectivity index (χ3n) is 4.09. The van der Waals surface area contributed by atoms with E-state index in [9.17, 15) is 4.79 Å². The largest absolute Gasteiger partial charge is 0.497 e. The average Bonchev–Trinajstić information content (AvgIpc) is 3.22. The van der Waals surface area contributed by atoms with Crippen molar-refractivity contribution < 1.29 is 14.3 Å². The molecule has 1 aromatic carbocycles. The molecule has 0 spiro atoms. The molecule has 0 aliphatic carbocycles. The zero-order chi connectivity index (χ0) is 16.5. The van der Waals surface area contributed by atoms with Gasteiger partial charge in [0.1, 0.15) is 11.4 Å². The minimum absolute atomic E-state index is 0.0270. The molecule has 1 amide bonds. The Bertz CT molecular complexity index is 880. The van der Waals surface area contributed by atoms with Crippen LogP contribution in [0.25, 0.3) is 16.2 Å². The lowest BCUT2D eigenvalue weighted by Crippen LogP contribution is -2.41. The van der Waals surface area contributed by atoms with Crippen molar-refractivity contribution in [2.24, 2.45) is 0 Å². The van der Waals surface area contributed by atoms with Crippen molar-refractivity contribution in [3.8, 4) is 17.0 Å². The number of carbonyl (C=O) groups excluding carboxylic acids is 1. The summed E-state index contributed by atoms with van der Waals surface area (Å²) in [6.45, 7) is 2.46. The van der Waals surface area contributed by atoms with Crippen LogP contribution in [-0.2, 0) is 4.74 Å². The van der Waals surface area contributed by atoms with Gasteiger partial charge in [0, 0.05) is 30.2 Å². The van der Waals surface area contributed by atoms with Gasteiger partial charge in [-0.25, -0.2) is 4.98 Å². The zero-order valence-electron chi connectivity index (χ0n) is 13.3. The lowest BCUT2D eigenvalue weighted by Gasteiger charge is -2.26. The van der Waals surface area contributed by atoms with Gasteiger partial charge in [0.15, 0.2) is 4.96 Å². The molecule has 1 aliphatic heterocycles.